The maximum atomic E-state index is 13.5. The Labute approximate surface area is 728 Å². The largest absolute Gasteiger partial charge is 0.486 e. The number of aryl methyl sites for hydroxylation is 3. The molecule has 0 radical (unpaired) electrons. The number of amides is 8. The lowest BCUT2D eigenvalue weighted by Gasteiger charge is -2.37. The number of rotatable bonds is 13. The van der Waals surface area contributed by atoms with E-state index in [-0.39, 0.29) is 72.2 Å². The third-order valence-electron chi connectivity index (χ3n) is 23.5. The van der Waals surface area contributed by atoms with Gasteiger partial charge >= 0.3 is 30.3 Å². The van der Waals surface area contributed by atoms with Gasteiger partial charge in [-0.15, -0.1) is 0 Å². The van der Waals surface area contributed by atoms with Crippen LogP contribution in [-0.4, -0.2) is 229 Å². The van der Waals surface area contributed by atoms with Gasteiger partial charge in [-0.1, -0.05) is 19.1 Å². The summed E-state index contributed by atoms with van der Waals surface area (Å²) in [6, 6.07) is 32.9. The number of benzene rings is 2. The molecule has 654 valence electrons. The molecule has 10 aliphatic heterocycles. The van der Waals surface area contributed by atoms with Crippen molar-refractivity contribution in [3.05, 3.63) is 194 Å². The lowest BCUT2D eigenvalue weighted by molar-refractivity contribution is -0.137. The number of hydrogen-bond acceptors (Lipinski definition) is 27. The van der Waals surface area contributed by atoms with E-state index >= 15 is 0 Å². The maximum Gasteiger partial charge on any atom is 0.416 e. The third kappa shape index (κ3) is 18.1. The van der Waals surface area contributed by atoms with E-state index in [1.165, 1.54) is 23.4 Å². The highest BCUT2D eigenvalue weighted by atomic mass is 19.4. The van der Waals surface area contributed by atoms with E-state index in [0.29, 0.717) is 103 Å². The van der Waals surface area contributed by atoms with Gasteiger partial charge in [0.25, 0.3) is 0 Å². The van der Waals surface area contributed by atoms with E-state index in [2.05, 4.69) is 116 Å². The van der Waals surface area contributed by atoms with Gasteiger partial charge in [0.15, 0.2) is 52.2 Å². The molecule has 5 saturated heterocycles. The number of carbonyl (C=O) groups excluding carboxylic acids is 4. The van der Waals surface area contributed by atoms with E-state index in [1.807, 2.05) is 86.3 Å². The SMILES string of the molecule is CCc1cncc(NC(=O)N2c3nc(-c4ccnc(C)c4)ccc3N3CC[C@H]2C3)n1.C[C@@H]1CN(c2ccc3c(n2)N(C(=O)Nc2cnccn2)[C@H]2CCN3C2)CCO1.Cc1cc(-c2ccc3c(n2)N(C(=O)Nc2ccc4c(c2)OCCO4)[C@H]2CCN3C2)ccn1.O=C(Nc1cncc(OC[C@@H](O)CO)n1)N1c2nc(-c3cccc(C(F)(F)F)c3)ccc2N2CC[C@H]1C2. The molecule has 35 nitrogen and oxygen atoms in total. The number of aromatic nitrogens is 12. The molecule has 2 aromatic carbocycles. The van der Waals surface area contributed by atoms with Gasteiger partial charge < -0.3 is 59.0 Å². The molecule has 127 heavy (non-hydrogen) atoms. The molecule has 0 spiro atoms. The van der Waals surface area contributed by atoms with Crippen LogP contribution in [0.25, 0.3) is 33.8 Å². The van der Waals surface area contributed by atoms with Gasteiger partial charge in [0.1, 0.15) is 31.7 Å². The molecule has 10 aliphatic rings. The van der Waals surface area contributed by atoms with Crippen molar-refractivity contribution in [2.75, 3.05) is 164 Å². The first-order chi connectivity index (χ1) is 61.7. The van der Waals surface area contributed by atoms with Crippen molar-refractivity contribution in [3.63, 3.8) is 0 Å². The fraction of sp³-hybridized carbons (Fsp3) is 0.348. The van der Waals surface area contributed by atoms with Gasteiger partial charge in [-0.05, 0) is 150 Å². The minimum absolute atomic E-state index is 0.0429. The number of nitrogens with one attached hydrogen (secondary N) is 4. The molecule has 8 amide bonds. The summed E-state index contributed by atoms with van der Waals surface area (Å²) in [6.07, 6.45) is 13.0. The van der Waals surface area contributed by atoms with E-state index in [1.54, 1.807) is 71.4 Å². The second-order valence-electron chi connectivity index (χ2n) is 32.1. The molecule has 0 saturated carbocycles. The Morgan fingerprint density at radius 3 is 1.50 bits per heavy atom. The second-order valence-corrected chi connectivity index (χ2v) is 32.1. The van der Waals surface area contributed by atoms with Crippen molar-refractivity contribution in [1.29, 1.82) is 0 Å². The van der Waals surface area contributed by atoms with E-state index in [9.17, 15) is 37.5 Å². The highest BCUT2D eigenvalue weighted by Gasteiger charge is 2.46. The summed E-state index contributed by atoms with van der Waals surface area (Å²) in [4.78, 5) is 124. The summed E-state index contributed by atoms with van der Waals surface area (Å²) >= 11 is 0. The van der Waals surface area contributed by atoms with Gasteiger partial charge in [-0.25, -0.2) is 49.1 Å². The average Bonchev–Trinajstić information content (AvgIpc) is 1.66. The number of hydrogen-bond donors (Lipinski definition) is 6. The average molecular weight is 1730 g/mol. The van der Waals surface area contributed by atoms with Crippen LogP contribution in [0, 0.1) is 13.8 Å². The van der Waals surface area contributed by atoms with Crippen LogP contribution in [0.5, 0.6) is 17.4 Å². The number of alkyl halides is 3. The quantitative estimate of drug-likeness (QED) is 0.0624. The van der Waals surface area contributed by atoms with E-state index in [4.69, 9.17) is 39.0 Å². The molecule has 8 bridgehead atoms. The van der Waals surface area contributed by atoms with Gasteiger partial charge in [0.2, 0.25) is 5.88 Å². The Morgan fingerprint density at radius 1 is 0.488 bits per heavy atom. The number of nitrogens with zero attached hydrogens (tertiary/aromatic N) is 21. The monoisotopic (exact) mass is 1730 g/mol. The zero-order chi connectivity index (χ0) is 87.6. The van der Waals surface area contributed by atoms with Crippen molar-refractivity contribution in [3.8, 4) is 51.2 Å². The minimum Gasteiger partial charge on any atom is -0.486 e. The van der Waals surface area contributed by atoms with Crippen molar-refractivity contribution in [2.24, 2.45) is 0 Å². The number of pyridine rings is 6. The molecule has 0 unspecified atom stereocenters. The Hall–Kier alpha value is -14.3. The van der Waals surface area contributed by atoms with Crippen LogP contribution in [0.2, 0.25) is 0 Å². The van der Waals surface area contributed by atoms with Crippen LogP contribution in [-0.2, 0) is 17.3 Å². The molecule has 5 fully saturated rings. The molecule has 6 atom stereocenters. The van der Waals surface area contributed by atoms with Crippen LogP contribution in [0.3, 0.4) is 0 Å². The number of morpholine rings is 1. The minimum atomic E-state index is -4.49. The number of ether oxygens (including phenoxy) is 4. The highest BCUT2D eigenvalue weighted by molar-refractivity contribution is 6.08. The summed E-state index contributed by atoms with van der Waals surface area (Å²) in [6.45, 7) is 17.2. The number of urea groups is 4. The van der Waals surface area contributed by atoms with Crippen molar-refractivity contribution >= 4 is 99.1 Å². The number of anilines is 13. The van der Waals surface area contributed by atoms with Crippen molar-refractivity contribution in [2.45, 2.75) is 102 Å². The normalized spacial score (nSPS) is 18.9. The van der Waals surface area contributed by atoms with Crippen molar-refractivity contribution in [1.82, 2.24) is 59.8 Å². The number of aliphatic hydroxyl groups is 2. The van der Waals surface area contributed by atoms with Crippen LogP contribution in [0.4, 0.5) is 107 Å². The fourth-order valence-electron chi connectivity index (χ4n) is 17.4. The summed E-state index contributed by atoms with van der Waals surface area (Å²) in [5.41, 5.74) is 10.5. The second kappa shape index (κ2) is 36.1. The van der Waals surface area contributed by atoms with Crippen LogP contribution < -0.4 is 79.6 Å². The predicted octanol–water partition coefficient (Wildman–Crippen LogP) is 11.9. The molecule has 19 heterocycles. The third-order valence-corrected chi connectivity index (χ3v) is 23.5. The summed E-state index contributed by atoms with van der Waals surface area (Å²) in [5, 5.41) is 29.9. The van der Waals surface area contributed by atoms with Crippen LogP contribution in [0.1, 0.15) is 62.2 Å². The summed E-state index contributed by atoms with van der Waals surface area (Å²) < 4.78 is 61.9. The Kier molecular flexibility index (Phi) is 23.8. The first-order valence-corrected chi connectivity index (χ1v) is 42.2. The zero-order valence-corrected chi connectivity index (χ0v) is 70.0. The Morgan fingerprint density at radius 2 is 0.984 bits per heavy atom. The standard InChI is InChI=1S/C24H23F3N6O4.C24H23N5O3.C22H23N7O.C19H23N7O2/c25-24(26,27)15-3-1-2-14(8-15)18-4-5-19-22(29-18)33(16-6-7-32(19)11-16)23(36)31-20-9-28-10-21(30-20)37-13-17(35)12-34;1-15-12-16(6-8-25-15)19-3-4-20-23(27-19)29(18-7-9-28(20)14-18)24(30)26-17-2-5-21-22(13-17)32-11-10-31-21;1-3-16-11-23-12-20(25-16)27-22(30)29-17-7-9-28(13-17)19-5-4-18(26-21(19)29)15-6-8-24-14(2)10-15;1-13-11-25(8-9-28-13)17-3-2-15-18(23-17)26(14-4-7-24(15)12-14)19(27)22-16-10-20-5-6-21-16/h1-5,8-10,16-17,34-35H,6-7,11-13H2,(H,30,31,36);2-6,8,12-13,18H,7,9-11,14H2,1H3,(H,26,30);4-6,8,10-12,17H,3,7,9,13H2,1-2H3,(H,25,27,30);2-3,5-6,10,13-14H,4,7-9,11-12H2,1H3,(H,21,22,27)/t16-,17-;18-;17-;13-,14+/m0001/s1. The summed E-state index contributed by atoms with van der Waals surface area (Å²) in [7, 11) is 0. The maximum absolute atomic E-state index is 13.5. The van der Waals surface area contributed by atoms with Gasteiger partial charge in [-0.3, -0.25) is 60.5 Å². The molecular formula is C89H92F3N25O10. The molecule has 6 N–H and O–H groups in total. The predicted molar refractivity (Wildman–Crippen MR) is 471 cm³/mol. The molecule has 21 rings (SSSR count). The molecule has 38 heteroatoms. The first kappa shape index (κ1) is 83.6. The van der Waals surface area contributed by atoms with Gasteiger partial charge in [0, 0.05) is 136 Å². The smallest absolute Gasteiger partial charge is 0.416 e. The number of carbonyl (C=O) groups is 4. The molecule has 11 aromatic rings. The highest BCUT2D eigenvalue weighted by Crippen LogP contribution is 2.47. The van der Waals surface area contributed by atoms with Crippen molar-refractivity contribution < 1.29 is 61.5 Å². The number of fused-ring (bicyclic) bond motifs is 17. The van der Waals surface area contributed by atoms with E-state index < -0.39 is 30.5 Å². The van der Waals surface area contributed by atoms with Gasteiger partial charge in [0.05, 0.1) is 119 Å². The fourth-order valence-corrected chi connectivity index (χ4v) is 17.4. The van der Waals surface area contributed by atoms with Gasteiger partial charge in [-0.2, -0.15) is 18.2 Å². The summed E-state index contributed by atoms with van der Waals surface area (Å²) in [5.74, 6) is 5.70. The lowest BCUT2D eigenvalue weighted by Crippen LogP contribution is -2.49. The lowest BCUT2D eigenvalue weighted by atomic mass is 10.1. The first-order valence-electron chi connectivity index (χ1n) is 42.2. The molecule has 0 aliphatic carbocycles. The Balaban J connectivity index is 0.000000115. The van der Waals surface area contributed by atoms with Crippen LogP contribution >= 0.6 is 0 Å². The number of halogens is 3. The van der Waals surface area contributed by atoms with Crippen LogP contribution in [0.15, 0.2) is 171 Å². The Bertz CT molecular complexity index is 5930. The number of aliphatic hydroxyl groups excluding tert-OH is 2. The van der Waals surface area contributed by atoms with E-state index in [0.717, 1.165) is 153 Å². The topological polar surface area (TPSA) is 378 Å². The molecule has 9 aromatic heterocycles. The molecular weight excluding hydrogens is 1640 g/mol. The zero-order valence-electron chi connectivity index (χ0n) is 70.0.